The fourth-order valence-electron chi connectivity index (χ4n) is 3.24. The Morgan fingerprint density at radius 3 is 2.57 bits per heavy atom. The summed E-state index contributed by atoms with van der Waals surface area (Å²) in [5.74, 6) is -1.27. The molecular weight excluding hydrogens is 266 g/mol. The van der Waals surface area contributed by atoms with Gasteiger partial charge in [-0.1, -0.05) is 37.5 Å². The van der Waals surface area contributed by atoms with Crippen LogP contribution in [0.1, 0.15) is 54.1 Å². The van der Waals surface area contributed by atoms with E-state index in [2.05, 4.69) is 5.32 Å². The van der Waals surface area contributed by atoms with Gasteiger partial charge in [-0.15, -0.1) is 0 Å². The first-order valence-corrected chi connectivity index (χ1v) is 7.50. The quantitative estimate of drug-likeness (QED) is 0.898. The Morgan fingerprint density at radius 2 is 2.00 bits per heavy atom. The normalized spacial score (nSPS) is 25.4. The van der Waals surface area contributed by atoms with E-state index >= 15 is 0 Å². The number of amides is 1. The average Bonchev–Trinajstić information content (AvgIpc) is 2.41. The van der Waals surface area contributed by atoms with Gasteiger partial charge < -0.3 is 10.4 Å². The van der Waals surface area contributed by atoms with E-state index in [0.29, 0.717) is 12.0 Å². The fraction of sp³-hybridized carbons (Fsp3) is 0.529. The average molecular weight is 289 g/mol. The molecule has 114 valence electrons. The number of carbonyl (C=O) groups is 2. The highest BCUT2D eigenvalue weighted by atomic mass is 16.4. The molecule has 1 aliphatic rings. The number of carboxylic acid groups (broad SMARTS) is 1. The zero-order valence-electron chi connectivity index (χ0n) is 12.9. The van der Waals surface area contributed by atoms with Crippen molar-refractivity contribution in [3.8, 4) is 0 Å². The van der Waals surface area contributed by atoms with Crippen molar-refractivity contribution in [1.82, 2.24) is 5.32 Å². The fourth-order valence-corrected chi connectivity index (χ4v) is 3.24. The minimum Gasteiger partial charge on any atom is -0.479 e. The van der Waals surface area contributed by atoms with Gasteiger partial charge in [0.05, 0.1) is 0 Å². The van der Waals surface area contributed by atoms with E-state index in [1.54, 1.807) is 6.07 Å². The topological polar surface area (TPSA) is 66.4 Å². The SMILES string of the molecule is Cc1ccc(C(=O)NC2(C(=O)O)CCCCC2C)c(C)c1. The molecule has 4 heteroatoms. The highest BCUT2D eigenvalue weighted by Crippen LogP contribution is 2.34. The van der Waals surface area contributed by atoms with Crippen molar-refractivity contribution >= 4 is 11.9 Å². The van der Waals surface area contributed by atoms with E-state index in [1.165, 1.54) is 0 Å². The van der Waals surface area contributed by atoms with Gasteiger partial charge in [0, 0.05) is 5.56 Å². The summed E-state index contributed by atoms with van der Waals surface area (Å²) < 4.78 is 0. The third-order valence-electron chi connectivity index (χ3n) is 4.64. The Labute approximate surface area is 125 Å². The van der Waals surface area contributed by atoms with E-state index in [4.69, 9.17) is 0 Å². The highest BCUT2D eigenvalue weighted by Gasteiger charge is 2.46. The smallest absolute Gasteiger partial charge is 0.329 e. The van der Waals surface area contributed by atoms with Crippen LogP contribution in [0.3, 0.4) is 0 Å². The van der Waals surface area contributed by atoms with Crippen LogP contribution < -0.4 is 5.32 Å². The zero-order chi connectivity index (χ0) is 15.6. The lowest BCUT2D eigenvalue weighted by Crippen LogP contribution is -2.60. The van der Waals surface area contributed by atoms with Gasteiger partial charge in [0.15, 0.2) is 0 Å². The molecule has 0 bridgehead atoms. The Balaban J connectivity index is 2.28. The summed E-state index contributed by atoms with van der Waals surface area (Å²) >= 11 is 0. The Kier molecular flexibility index (Phi) is 4.35. The molecule has 2 unspecified atom stereocenters. The molecule has 0 aliphatic heterocycles. The van der Waals surface area contributed by atoms with Gasteiger partial charge in [-0.25, -0.2) is 4.79 Å². The predicted molar refractivity (Wildman–Crippen MR) is 81.4 cm³/mol. The van der Waals surface area contributed by atoms with Gasteiger partial charge in [-0.05, 0) is 44.2 Å². The summed E-state index contributed by atoms with van der Waals surface area (Å²) in [7, 11) is 0. The third kappa shape index (κ3) is 2.94. The molecule has 0 aromatic heterocycles. The molecule has 2 atom stereocenters. The molecule has 1 aliphatic carbocycles. The minimum atomic E-state index is -1.13. The lowest BCUT2D eigenvalue weighted by Gasteiger charge is -2.39. The summed E-state index contributed by atoms with van der Waals surface area (Å²) in [4.78, 5) is 24.3. The van der Waals surface area contributed by atoms with Gasteiger partial charge in [-0.3, -0.25) is 4.79 Å². The second-order valence-electron chi connectivity index (χ2n) is 6.20. The van der Waals surface area contributed by atoms with Crippen LogP contribution >= 0.6 is 0 Å². The molecule has 1 saturated carbocycles. The molecule has 21 heavy (non-hydrogen) atoms. The number of rotatable bonds is 3. The lowest BCUT2D eigenvalue weighted by molar-refractivity contribution is -0.148. The summed E-state index contributed by atoms with van der Waals surface area (Å²) in [6.07, 6.45) is 3.19. The molecule has 0 spiro atoms. The minimum absolute atomic E-state index is 0.0570. The molecule has 1 aromatic rings. The summed E-state index contributed by atoms with van der Waals surface area (Å²) in [6, 6.07) is 5.58. The molecule has 0 heterocycles. The molecule has 0 radical (unpaired) electrons. The van der Waals surface area contributed by atoms with E-state index in [9.17, 15) is 14.7 Å². The van der Waals surface area contributed by atoms with Crippen LogP contribution in [0.2, 0.25) is 0 Å². The monoisotopic (exact) mass is 289 g/mol. The summed E-state index contributed by atoms with van der Waals surface area (Å²) in [6.45, 7) is 5.76. The van der Waals surface area contributed by atoms with Gasteiger partial charge in [0.1, 0.15) is 5.54 Å². The molecule has 2 N–H and O–H groups in total. The Bertz CT molecular complexity index is 567. The molecule has 2 rings (SSSR count). The number of aliphatic carboxylic acids is 1. The molecular formula is C17H23NO3. The maximum Gasteiger partial charge on any atom is 0.329 e. The van der Waals surface area contributed by atoms with E-state index in [-0.39, 0.29) is 11.8 Å². The van der Waals surface area contributed by atoms with E-state index in [0.717, 1.165) is 30.4 Å². The Hall–Kier alpha value is -1.84. The van der Waals surface area contributed by atoms with E-state index < -0.39 is 11.5 Å². The molecule has 1 amide bonds. The maximum absolute atomic E-state index is 12.5. The number of benzene rings is 1. The van der Waals surface area contributed by atoms with Crippen LogP contribution in [0, 0.1) is 19.8 Å². The van der Waals surface area contributed by atoms with Crippen molar-refractivity contribution in [3.63, 3.8) is 0 Å². The van der Waals surface area contributed by atoms with Gasteiger partial charge in [0.25, 0.3) is 5.91 Å². The van der Waals surface area contributed by atoms with Gasteiger partial charge in [0.2, 0.25) is 0 Å². The highest BCUT2D eigenvalue weighted by molar-refractivity contribution is 5.99. The standard InChI is InChI=1S/C17H23NO3/c1-11-7-8-14(12(2)10-11)15(19)18-17(16(20)21)9-5-4-6-13(17)3/h7-8,10,13H,4-6,9H2,1-3H3,(H,18,19)(H,20,21). The van der Waals surface area contributed by atoms with Crippen molar-refractivity contribution in [2.45, 2.75) is 52.0 Å². The van der Waals surface area contributed by atoms with Crippen LogP contribution in [0.5, 0.6) is 0 Å². The van der Waals surface area contributed by atoms with Crippen molar-refractivity contribution in [1.29, 1.82) is 0 Å². The largest absolute Gasteiger partial charge is 0.479 e. The van der Waals surface area contributed by atoms with Gasteiger partial charge in [-0.2, -0.15) is 0 Å². The third-order valence-corrected chi connectivity index (χ3v) is 4.64. The number of carbonyl (C=O) groups excluding carboxylic acids is 1. The number of hydrogen-bond acceptors (Lipinski definition) is 2. The second kappa shape index (κ2) is 5.88. The number of hydrogen-bond donors (Lipinski definition) is 2. The van der Waals surface area contributed by atoms with Crippen LogP contribution in [-0.2, 0) is 4.79 Å². The lowest BCUT2D eigenvalue weighted by atomic mass is 9.73. The van der Waals surface area contributed by atoms with Crippen LogP contribution in [0.15, 0.2) is 18.2 Å². The molecule has 0 saturated heterocycles. The first-order valence-electron chi connectivity index (χ1n) is 7.50. The first-order chi connectivity index (χ1) is 9.86. The van der Waals surface area contributed by atoms with Crippen LogP contribution in [0.4, 0.5) is 0 Å². The number of nitrogens with one attached hydrogen (secondary N) is 1. The van der Waals surface area contributed by atoms with Crippen LogP contribution in [0.25, 0.3) is 0 Å². The number of aryl methyl sites for hydroxylation is 2. The van der Waals surface area contributed by atoms with E-state index in [1.807, 2.05) is 32.9 Å². The summed E-state index contributed by atoms with van der Waals surface area (Å²) in [5, 5.41) is 12.5. The summed E-state index contributed by atoms with van der Waals surface area (Å²) in [5.41, 5.74) is 1.38. The van der Waals surface area contributed by atoms with Gasteiger partial charge >= 0.3 is 5.97 Å². The Morgan fingerprint density at radius 1 is 1.29 bits per heavy atom. The second-order valence-corrected chi connectivity index (χ2v) is 6.20. The first kappa shape index (κ1) is 15.5. The van der Waals surface area contributed by atoms with Crippen molar-refractivity contribution in [2.24, 2.45) is 5.92 Å². The maximum atomic E-state index is 12.5. The molecule has 1 fully saturated rings. The van der Waals surface area contributed by atoms with Crippen molar-refractivity contribution in [2.75, 3.05) is 0 Å². The van der Waals surface area contributed by atoms with Crippen molar-refractivity contribution < 1.29 is 14.7 Å². The van der Waals surface area contributed by atoms with Crippen LogP contribution in [-0.4, -0.2) is 22.5 Å². The zero-order valence-corrected chi connectivity index (χ0v) is 12.9. The predicted octanol–water partition coefficient (Wildman–Crippen LogP) is 3.07. The number of carboxylic acids is 1. The van der Waals surface area contributed by atoms with Crippen molar-refractivity contribution in [3.05, 3.63) is 34.9 Å². The molecule has 4 nitrogen and oxygen atoms in total. The molecule has 1 aromatic carbocycles.